The first-order valence-electron chi connectivity index (χ1n) is 7.89. The van der Waals surface area contributed by atoms with Crippen LogP contribution in [0.15, 0.2) is 36.7 Å². The van der Waals surface area contributed by atoms with Crippen LogP contribution in [-0.2, 0) is 0 Å². The lowest BCUT2D eigenvalue weighted by atomic mass is 10.1. The van der Waals surface area contributed by atoms with E-state index in [1.807, 2.05) is 19.1 Å². The van der Waals surface area contributed by atoms with Crippen LogP contribution in [0.25, 0.3) is 10.1 Å². The summed E-state index contributed by atoms with van der Waals surface area (Å²) in [6.07, 6.45) is 3.23. The highest BCUT2D eigenvalue weighted by Crippen LogP contribution is 2.43. The second kappa shape index (κ2) is 7.00. The molecule has 0 aliphatic rings. The molecular formula is C17H14N6O3S. The van der Waals surface area contributed by atoms with E-state index in [0.717, 1.165) is 15.6 Å². The third-order valence-electron chi connectivity index (χ3n) is 3.79. The van der Waals surface area contributed by atoms with Crippen LogP contribution >= 0.6 is 11.3 Å². The molecule has 3 aromatic heterocycles. The van der Waals surface area contributed by atoms with Crippen LogP contribution in [0.5, 0.6) is 17.2 Å². The molecule has 0 radical (unpaired) electrons. The Morgan fingerprint density at radius 1 is 1.33 bits per heavy atom. The third-order valence-corrected chi connectivity index (χ3v) is 4.92. The number of tetrazole rings is 1. The summed E-state index contributed by atoms with van der Waals surface area (Å²) in [5.74, 6) is 1.33. The van der Waals surface area contributed by atoms with E-state index in [0.29, 0.717) is 22.1 Å². The number of nitrogens with one attached hydrogen (secondary N) is 2. The van der Waals surface area contributed by atoms with E-state index in [1.54, 1.807) is 31.6 Å². The van der Waals surface area contributed by atoms with Gasteiger partial charge < -0.3 is 9.47 Å². The number of thiophene rings is 1. The Bertz CT molecular complexity index is 1100. The van der Waals surface area contributed by atoms with E-state index >= 15 is 0 Å². The quantitative estimate of drug-likeness (QED) is 0.545. The predicted molar refractivity (Wildman–Crippen MR) is 99.6 cm³/mol. The average Bonchev–Trinajstić information content (AvgIpc) is 3.30. The first-order chi connectivity index (χ1) is 13.2. The highest BCUT2D eigenvalue weighted by atomic mass is 32.1. The number of pyridine rings is 1. The maximum atomic E-state index is 12.8. The fraction of sp³-hybridized carbons (Fsp3) is 0.118. The van der Waals surface area contributed by atoms with E-state index in [1.165, 1.54) is 11.3 Å². The standard InChI is InChI=1S/C17H14N6O3S/c1-9-6-13-11(7-12(9)25-2)14(26-10-4-3-5-18-8-10)15(27-13)16(24)19-17-20-22-23-21-17/h3-8H,1-2H3,(H2,19,20,21,22,23,24). The zero-order valence-electron chi connectivity index (χ0n) is 14.4. The summed E-state index contributed by atoms with van der Waals surface area (Å²) < 4.78 is 12.3. The summed E-state index contributed by atoms with van der Waals surface area (Å²) in [6, 6.07) is 7.34. The highest BCUT2D eigenvalue weighted by molar-refractivity contribution is 7.21. The molecule has 0 saturated heterocycles. The van der Waals surface area contributed by atoms with Gasteiger partial charge in [0.15, 0.2) is 5.75 Å². The Balaban J connectivity index is 1.83. The molecule has 0 aliphatic carbocycles. The molecule has 10 heteroatoms. The summed E-state index contributed by atoms with van der Waals surface area (Å²) in [5, 5.41) is 16.6. The molecule has 3 heterocycles. The number of H-pyrrole nitrogens is 1. The summed E-state index contributed by atoms with van der Waals surface area (Å²) in [7, 11) is 1.60. The Kier molecular flexibility index (Phi) is 4.38. The Morgan fingerprint density at radius 2 is 2.22 bits per heavy atom. The first kappa shape index (κ1) is 16.9. The van der Waals surface area contributed by atoms with Gasteiger partial charge in [-0.2, -0.15) is 5.21 Å². The molecule has 9 nitrogen and oxygen atoms in total. The molecule has 27 heavy (non-hydrogen) atoms. The number of hydrogen-bond acceptors (Lipinski definition) is 8. The number of aromatic amines is 1. The number of fused-ring (bicyclic) bond motifs is 1. The van der Waals surface area contributed by atoms with Crippen molar-refractivity contribution in [3.8, 4) is 17.2 Å². The van der Waals surface area contributed by atoms with Gasteiger partial charge in [0, 0.05) is 16.3 Å². The minimum Gasteiger partial charge on any atom is -0.496 e. The molecule has 2 N–H and O–H groups in total. The molecular weight excluding hydrogens is 368 g/mol. The molecule has 0 aliphatic heterocycles. The van der Waals surface area contributed by atoms with Gasteiger partial charge in [0.25, 0.3) is 11.9 Å². The van der Waals surface area contributed by atoms with Gasteiger partial charge >= 0.3 is 0 Å². The Morgan fingerprint density at radius 3 is 2.93 bits per heavy atom. The van der Waals surface area contributed by atoms with Gasteiger partial charge in [-0.1, -0.05) is 5.10 Å². The third kappa shape index (κ3) is 3.29. The SMILES string of the molecule is COc1cc2c(Oc3cccnc3)c(C(=O)Nc3nn[nH]n3)sc2cc1C. The van der Waals surface area contributed by atoms with E-state index in [-0.39, 0.29) is 5.95 Å². The van der Waals surface area contributed by atoms with Crippen molar-refractivity contribution in [1.82, 2.24) is 25.6 Å². The van der Waals surface area contributed by atoms with Gasteiger partial charge in [0.2, 0.25) is 0 Å². The number of aromatic nitrogens is 5. The summed E-state index contributed by atoms with van der Waals surface area (Å²) in [5.41, 5.74) is 0.962. The first-order valence-corrected chi connectivity index (χ1v) is 8.71. The van der Waals surface area contributed by atoms with Gasteiger partial charge in [0.1, 0.15) is 16.4 Å². The van der Waals surface area contributed by atoms with Crippen molar-refractivity contribution >= 4 is 33.3 Å². The molecule has 1 aromatic carbocycles. The number of benzene rings is 1. The molecule has 4 rings (SSSR count). The fourth-order valence-corrected chi connectivity index (χ4v) is 3.68. The molecule has 0 atom stereocenters. The molecule has 1 amide bonds. The fourth-order valence-electron chi connectivity index (χ4n) is 2.57. The van der Waals surface area contributed by atoms with E-state index in [2.05, 4.69) is 30.9 Å². The lowest BCUT2D eigenvalue weighted by Gasteiger charge is -2.08. The van der Waals surface area contributed by atoms with E-state index < -0.39 is 5.91 Å². The highest BCUT2D eigenvalue weighted by Gasteiger charge is 2.23. The number of amides is 1. The summed E-state index contributed by atoms with van der Waals surface area (Å²) >= 11 is 1.31. The predicted octanol–water partition coefficient (Wildman–Crippen LogP) is 3.17. The van der Waals surface area contributed by atoms with E-state index in [4.69, 9.17) is 9.47 Å². The number of hydrogen-bond donors (Lipinski definition) is 2. The molecule has 0 unspecified atom stereocenters. The van der Waals surface area contributed by atoms with Crippen LogP contribution in [-0.4, -0.2) is 38.6 Å². The van der Waals surface area contributed by atoms with Crippen LogP contribution in [0.2, 0.25) is 0 Å². The molecule has 4 aromatic rings. The molecule has 136 valence electrons. The number of carbonyl (C=O) groups is 1. The topological polar surface area (TPSA) is 115 Å². The molecule has 0 bridgehead atoms. The molecule has 0 fully saturated rings. The number of carbonyl (C=O) groups excluding carboxylic acids is 1. The zero-order chi connectivity index (χ0) is 18.8. The second-order valence-corrected chi connectivity index (χ2v) is 6.61. The van der Waals surface area contributed by atoms with Gasteiger partial charge in [-0.3, -0.25) is 15.1 Å². The number of ether oxygens (including phenoxy) is 2. The molecule has 0 spiro atoms. The van der Waals surface area contributed by atoms with Crippen molar-refractivity contribution in [2.24, 2.45) is 0 Å². The average molecular weight is 382 g/mol. The van der Waals surface area contributed by atoms with Crippen molar-refractivity contribution < 1.29 is 14.3 Å². The monoisotopic (exact) mass is 382 g/mol. The van der Waals surface area contributed by atoms with Gasteiger partial charge in [0.05, 0.1) is 13.3 Å². The van der Waals surface area contributed by atoms with Gasteiger partial charge in [-0.15, -0.1) is 16.4 Å². The second-order valence-electron chi connectivity index (χ2n) is 5.56. The van der Waals surface area contributed by atoms with Gasteiger partial charge in [-0.05, 0) is 42.0 Å². The van der Waals surface area contributed by atoms with Gasteiger partial charge in [-0.25, -0.2) is 0 Å². The van der Waals surface area contributed by atoms with Crippen LogP contribution < -0.4 is 14.8 Å². The smallest absolute Gasteiger partial charge is 0.272 e. The Hall–Kier alpha value is -3.53. The number of anilines is 1. The zero-order valence-corrected chi connectivity index (χ0v) is 15.2. The minimum absolute atomic E-state index is 0.0820. The lowest BCUT2D eigenvalue weighted by Crippen LogP contribution is -2.12. The maximum absolute atomic E-state index is 12.8. The normalized spacial score (nSPS) is 10.7. The van der Waals surface area contributed by atoms with Crippen molar-refractivity contribution in [2.75, 3.05) is 12.4 Å². The summed E-state index contributed by atoms with van der Waals surface area (Å²) in [6.45, 7) is 1.94. The van der Waals surface area contributed by atoms with Crippen molar-refractivity contribution in [3.63, 3.8) is 0 Å². The van der Waals surface area contributed by atoms with Crippen molar-refractivity contribution in [1.29, 1.82) is 0 Å². The number of methoxy groups -OCH3 is 1. The van der Waals surface area contributed by atoms with Crippen molar-refractivity contribution in [3.05, 3.63) is 47.1 Å². The summed E-state index contributed by atoms with van der Waals surface area (Å²) in [4.78, 5) is 17.2. The van der Waals surface area contributed by atoms with Crippen molar-refractivity contribution in [2.45, 2.75) is 6.92 Å². The van der Waals surface area contributed by atoms with E-state index in [9.17, 15) is 4.79 Å². The largest absolute Gasteiger partial charge is 0.496 e. The molecule has 0 saturated carbocycles. The van der Waals surface area contributed by atoms with Crippen LogP contribution in [0.1, 0.15) is 15.2 Å². The number of aryl methyl sites for hydroxylation is 1. The van der Waals surface area contributed by atoms with Crippen LogP contribution in [0, 0.1) is 6.92 Å². The minimum atomic E-state index is -0.395. The number of nitrogens with zero attached hydrogens (tertiary/aromatic N) is 4. The number of rotatable bonds is 5. The maximum Gasteiger partial charge on any atom is 0.272 e. The van der Waals surface area contributed by atoms with Crippen LogP contribution in [0.3, 0.4) is 0 Å². The Labute approximate surface area is 157 Å². The van der Waals surface area contributed by atoms with Crippen LogP contribution in [0.4, 0.5) is 5.95 Å². The lowest BCUT2D eigenvalue weighted by molar-refractivity contribution is 0.102.